The average molecular weight is 393 g/mol. The van der Waals surface area contributed by atoms with Crippen molar-refractivity contribution < 1.29 is 14.0 Å². The van der Waals surface area contributed by atoms with Crippen LogP contribution in [0.4, 0.5) is 0 Å². The van der Waals surface area contributed by atoms with E-state index in [2.05, 4.69) is 20.5 Å². The number of carbonyl (C=O) groups is 2. The van der Waals surface area contributed by atoms with Gasteiger partial charge in [-0.05, 0) is 50.1 Å². The Morgan fingerprint density at radius 1 is 1.34 bits per heavy atom. The first-order chi connectivity index (χ1) is 14.1. The van der Waals surface area contributed by atoms with Crippen LogP contribution in [0.5, 0.6) is 0 Å². The highest BCUT2D eigenvalue weighted by molar-refractivity contribution is 5.94. The molecule has 0 radical (unpaired) electrons. The van der Waals surface area contributed by atoms with Crippen LogP contribution in [-0.2, 0) is 11.3 Å². The number of amides is 2. The predicted molar refractivity (Wildman–Crippen MR) is 106 cm³/mol. The van der Waals surface area contributed by atoms with E-state index in [1.54, 1.807) is 23.4 Å². The second-order valence-electron chi connectivity index (χ2n) is 7.23. The summed E-state index contributed by atoms with van der Waals surface area (Å²) in [6.45, 7) is 3.24. The molecule has 8 nitrogen and oxygen atoms in total. The van der Waals surface area contributed by atoms with E-state index in [-0.39, 0.29) is 17.7 Å². The molecule has 0 spiro atoms. The molecular formula is C21H23N5O3. The summed E-state index contributed by atoms with van der Waals surface area (Å²) in [5.74, 6) is 1.10. The largest absolute Gasteiger partial charge is 0.465 e. The average Bonchev–Trinajstić information content (AvgIpc) is 3.41. The fourth-order valence-electron chi connectivity index (χ4n) is 3.54. The fourth-order valence-corrected chi connectivity index (χ4v) is 3.54. The third-order valence-corrected chi connectivity index (χ3v) is 5.08. The second kappa shape index (κ2) is 8.30. The molecule has 0 aromatic carbocycles. The molecule has 0 bridgehead atoms. The van der Waals surface area contributed by atoms with Gasteiger partial charge in [0.25, 0.3) is 5.91 Å². The van der Waals surface area contributed by atoms with Crippen molar-refractivity contribution in [1.29, 1.82) is 0 Å². The third-order valence-electron chi connectivity index (χ3n) is 5.08. The van der Waals surface area contributed by atoms with E-state index >= 15 is 0 Å². The number of aryl methyl sites for hydroxylation is 1. The van der Waals surface area contributed by atoms with Crippen molar-refractivity contribution >= 4 is 11.8 Å². The zero-order valence-electron chi connectivity index (χ0n) is 16.2. The minimum absolute atomic E-state index is 0.0581. The molecule has 150 valence electrons. The van der Waals surface area contributed by atoms with Gasteiger partial charge < -0.3 is 14.6 Å². The number of hydrogen-bond acceptors (Lipinski definition) is 5. The van der Waals surface area contributed by atoms with E-state index in [0.29, 0.717) is 31.0 Å². The predicted octanol–water partition coefficient (Wildman–Crippen LogP) is 2.54. The number of carbonyl (C=O) groups excluding carboxylic acids is 2. The number of likely N-dealkylation sites (tertiary alicyclic amines) is 1. The maximum atomic E-state index is 12.9. The summed E-state index contributed by atoms with van der Waals surface area (Å²) in [7, 11) is 0. The van der Waals surface area contributed by atoms with Crippen LogP contribution < -0.4 is 5.32 Å². The minimum Gasteiger partial charge on any atom is -0.465 e. The number of nitrogens with one attached hydrogen (secondary N) is 2. The maximum Gasteiger partial charge on any atom is 0.271 e. The van der Waals surface area contributed by atoms with Gasteiger partial charge in [0.2, 0.25) is 5.91 Å². The Morgan fingerprint density at radius 3 is 3.00 bits per heavy atom. The lowest BCUT2D eigenvalue weighted by Crippen LogP contribution is -2.45. The summed E-state index contributed by atoms with van der Waals surface area (Å²) in [5.41, 5.74) is 1.92. The summed E-state index contributed by atoms with van der Waals surface area (Å²) in [6.07, 6.45) is 4.93. The summed E-state index contributed by atoms with van der Waals surface area (Å²) in [4.78, 5) is 31.2. The van der Waals surface area contributed by atoms with Crippen LogP contribution in [-0.4, -0.2) is 45.0 Å². The number of hydrogen-bond donors (Lipinski definition) is 2. The highest BCUT2D eigenvalue weighted by Gasteiger charge is 2.29. The normalized spacial score (nSPS) is 16.6. The SMILES string of the molecule is Cc1ccc(CNC(=O)C2CCCN(C(=O)c3cc(-c4cccnc4)n[nH]3)C2)o1. The van der Waals surface area contributed by atoms with Gasteiger partial charge >= 0.3 is 0 Å². The molecule has 4 rings (SSSR count). The van der Waals surface area contributed by atoms with Crippen LogP contribution in [0.25, 0.3) is 11.3 Å². The van der Waals surface area contributed by atoms with Gasteiger partial charge in [-0.3, -0.25) is 19.7 Å². The molecular weight excluding hydrogens is 370 g/mol. The molecule has 29 heavy (non-hydrogen) atoms. The molecule has 0 saturated carbocycles. The third kappa shape index (κ3) is 4.37. The molecule has 8 heteroatoms. The van der Waals surface area contributed by atoms with E-state index in [1.165, 1.54) is 0 Å². The standard InChI is InChI=1S/C21H23N5O3/c1-14-6-7-17(29-14)12-23-20(27)16-5-3-9-26(13-16)21(28)19-10-18(24-25-19)15-4-2-8-22-11-15/h2,4,6-8,10-11,16H,3,5,9,12-13H2,1H3,(H,23,27)(H,24,25). The zero-order chi connectivity index (χ0) is 20.2. The first-order valence-corrected chi connectivity index (χ1v) is 9.68. The quantitative estimate of drug-likeness (QED) is 0.693. The summed E-state index contributed by atoms with van der Waals surface area (Å²) < 4.78 is 5.48. The molecule has 1 aliphatic rings. The van der Waals surface area contributed by atoms with Crippen molar-refractivity contribution in [3.05, 3.63) is 59.9 Å². The number of piperidine rings is 1. The van der Waals surface area contributed by atoms with Crippen LogP contribution in [0.1, 0.15) is 34.9 Å². The van der Waals surface area contributed by atoms with Gasteiger partial charge in [-0.2, -0.15) is 5.10 Å². The van der Waals surface area contributed by atoms with Gasteiger partial charge in [0.1, 0.15) is 17.2 Å². The van der Waals surface area contributed by atoms with Crippen LogP contribution >= 0.6 is 0 Å². The molecule has 0 aliphatic carbocycles. The van der Waals surface area contributed by atoms with E-state index in [9.17, 15) is 9.59 Å². The molecule has 2 amide bonds. The molecule has 4 heterocycles. The van der Waals surface area contributed by atoms with Crippen molar-refractivity contribution in [2.45, 2.75) is 26.3 Å². The molecule has 1 saturated heterocycles. The summed E-state index contributed by atoms with van der Waals surface area (Å²) in [5, 5.41) is 9.94. The fraction of sp³-hybridized carbons (Fsp3) is 0.333. The molecule has 3 aromatic heterocycles. The molecule has 1 atom stereocenters. The lowest BCUT2D eigenvalue weighted by atomic mass is 9.97. The molecule has 1 unspecified atom stereocenters. The number of aromatic amines is 1. The molecule has 3 aromatic rings. The van der Waals surface area contributed by atoms with Crippen molar-refractivity contribution in [3.63, 3.8) is 0 Å². The lowest BCUT2D eigenvalue weighted by Gasteiger charge is -2.31. The lowest BCUT2D eigenvalue weighted by molar-refractivity contribution is -0.126. The van der Waals surface area contributed by atoms with E-state index in [1.807, 2.05) is 31.2 Å². The van der Waals surface area contributed by atoms with Gasteiger partial charge in [0, 0.05) is 31.0 Å². The van der Waals surface area contributed by atoms with Gasteiger partial charge in [0.15, 0.2) is 0 Å². The van der Waals surface area contributed by atoms with Gasteiger partial charge in [0.05, 0.1) is 18.2 Å². The Bertz CT molecular complexity index is 995. The number of nitrogens with zero attached hydrogens (tertiary/aromatic N) is 3. The number of pyridine rings is 1. The second-order valence-corrected chi connectivity index (χ2v) is 7.23. The molecule has 1 fully saturated rings. The smallest absolute Gasteiger partial charge is 0.271 e. The van der Waals surface area contributed by atoms with E-state index in [4.69, 9.17) is 4.42 Å². The van der Waals surface area contributed by atoms with Crippen LogP contribution in [0.15, 0.2) is 47.1 Å². The van der Waals surface area contributed by atoms with Crippen molar-refractivity contribution in [2.24, 2.45) is 5.92 Å². The van der Waals surface area contributed by atoms with Crippen LogP contribution in [0.2, 0.25) is 0 Å². The van der Waals surface area contributed by atoms with Gasteiger partial charge in [-0.15, -0.1) is 0 Å². The summed E-state index contributed by atoms with van der Waals surface area (Å²) >= 11 is 0. The Hall–Kier alpha value is -3.42. The number of H-pyrrole nitrogens is 1. The Labute approximate surface area is 168 Å². The first-order valence-electron chi connectivity index (χ1n) is 9.68. The van der Waals surface area contributed by atoms with Gasteiger partial charge in [-0.25, -0.2) is 0 Å². The van der Waals surface area contributed by atoms with Crippen LogP contribution in [0, 0.1) is 12.8 Å². The van der Waals surface area contributed by atoms with Crippen molar-refractivity contribution in [2.75, 3.05) is 13.1 Å². The number of rotatable bonds is 5. The van der Waals surface area contributed by atoms with Gasteiger partial charge in [-0.1, -0.05) is 0 Å². The van der Waals surface area contributed by atoms with Crippen LogP contribution in [0.3, 0.4) is 0 Å². The minimum atomic E-state index is -0.232. The first kappa shape index (κ1) is 18.9. The zero-order valence-corrected chi connectivity index (χ0v) is 16.2. The molecule has 1 aliphatic heterocycles. The topological polar surface area (TPSA) is 104 Å². The number of aromatic nitrogens is 3. The summed E-state index contributed by atoms with van der Waals surface area (Å²) in [6, 6.07) is 9.15. The highest BCUT2D eigenvalue weighted by atomic mass is 16.3. The Balaban J connectivity index is 1.37. The Morgan fingerprint density at radius 2 is 2.24 bits per heavy atom. The van der Waals surface area contributed by atoms with Crippen molar-refractivity contribution in [3.8, 4) is 11.3 Å². The van der Waals surface area contributed by atoms with E-state index in [0.717, 1.165) is 29.9 Å². The van der Waals surface area contributed by atoms with E-state index < -0.39 is 0 Å². The van der Waals surface area contributed by atoms with Crippen molar-refractivity contribution in [1.82, 2.24) is 25.4 Å². The Kier molecular flexibility index (Phi) is 5.41. The number of furan rings is 1. The maximum absolute atomic E-state index is 12.9. The molecule has 2 N–H and O–H groups in total. The monoisotopic (exact) mass is 393 g/mol. The highest BCUT2D eigenvalue weighted by Crippen LogP contribution is 2.21.